The van der Waals surface area contributed by atoms with Crippen LogP contribution in [0.4, 0.5) is 11.4 Å². The van der Waals surface area contributed by atoms with Crippen molar-refractivity contribution in [2.24, 2.45) is 5.92 Å². The predicted molar refractivity (Wildman–Crippen MR) is 132 cm³/mol. The predicted octanol–water partition coefficient (Wildman–Crippen LogP) is 3.36. The molecule has 0 bridgehead atoms. The third kappa shape index (κ3) is 6.88. The number of nitro benzene ring substituents is 1. The van der Waals surface area contributed by atoms with Gasteiger partial charge in [0.25, 0.3) is 11.6 Å². The molecule has 3 rings (SSSR count). The van der Waals surface area contributed by atoms with Crippen LogP contribution in [-0.4, -0.2) is 50.8 Å². The number of carbonyl (C=O) groups is 3. The van der Waals surface area contributed by atoms with Gasteiger partial charge >= 0.3 is 5.97 Å². The first kappa shape index (κ1) is 26.3. The molecule has 1 aromatic heterocycles. The van der Waals surface area contributed by atoms with Gasteiger partial charge in [-0.2, -0.15) is 0 Å². The number of H-pyrrole nitrogens is 1. The molecule has 1 atom stereocenters. The zero-order valence-corrected chi connectivity index (χ0v) is 20.5. The molecule has 188 valence electrons. The minimum absolute atomic E-state index is 0.00608. The maximum Gasteiger partial charge on any atom is 0.337 e. The maximum absolute atomic E-state index is 12.7. The number of methoxy groups -OCH3 is 1. The van der Waals surface area contributed by atoms with Crippen molar-refractivity contribution in [1.82, 2.24) is 20.5 Å². The van der Waals surface area contributed by atoms with E-state index in [0.717, 1.165) is 11.8 Å². The third-order valence-electron chi connectivity index (χ3n) is 4.95. The Morgan fingerprint density at radius 2 is 1.86 bits per heavy atom. The van der Waals surface area contributed by atoms with Crippen molar-refractivity contribution in [3.05, 3.63) is 75.6 Å². The summed E-state index contributed by atoms with van der Waals surface area (Å²) in [5.41, 5.74) is 0.727. The van der Waals surface area contributed by atoms with E-state index in [9.17, 15) is 24.5 Å². The number of nitro groups is 1. The van der Waals surface area contributed by atoms with Gasteiger partial charge in [0.1, 0.15) is 5.82 Å². The molecule has 0 fully saturated rings. The number of nitrogens with zero attached hydrogens (tertiary/aromatic N) is 3. The Kier molecular flexibility index (Phi) is 8.73. The van der Waals surface area contributed by atoms with E-state index >= 15 is 0 Å². The summed E-state index contributed by atoms with van der Waals surface area (Å²) in [6.45, 7) is 3.76. The number of aromatic amines is 1. The standard InChI is InChI=1S/C23H24N6O6S/c1-13(2)19(25-21(31)14-6-5-9-17(11-14)29(33)34)20-26-23(28-27-20)36-12-18(30)24-16-8-4-7-15(10-16)22(32)35-3/h4-11,13,19H,12H2,1-3H3,(H,24,30)(H,25,31)(H,26,27,28)/t19-/m1/s1. The summed E-state index contributed by atoms with van der Waals surface area (Å²) in [6, 6.07) is 11.3. The lowest BCUT2D eigenvalue weighted by Gasteiger charge is -2.19. The van der Waals surface area contributed by atoms with Crippen molar-refractivity contribution in [2.45, 2.75) is 25.0 Å². The van der Waals surface area contributed by atoms with Gasteiger partial charge in [-0.05, 0) is 30.2 Å². The van der Waals surface area contributed by atoms with Crippen LogP contribution in [-0.2, 0) is 9.53 Å². The molecule has 0 saturated heterocycles. The van der Waals surface area contributed by atoms with Crippen LogP contribution < -0.4 is 10.6 Å². The number of carbonyl (C=O) groups excluding carboxylic acids is 3. The van der Waals surface area contributed by atoms with E-state index in [1.807, 2.05) is 13.8 Å². The molecular formula is C23H24N6O6S. The highest BCUT2D eigenvalue weighted by atomic mass is 32.2. The van der Waals surface area contributed by atoms with E-state index in [-0.39, 0.29) is 28.8 Å². The normalized spacial score (nSPS) is 11.6. The summed E-state index contributed by atoms with van der Waals surface area (Å²) in [7, 11) is 1.28. The van der Waals surface area contributed by atoms with Gasteiger partial charge < -0.3 is 15.4 Å². The first-order valence-corrected chi connectivity index (χ1v) is 11.7. The molecule has 2 amide bonds. The first-order chi connectivity index (χ1) is 17.2. The topological polar surface area (TPSA) is 169 Å². The van der Waals surface area contributed by atoms with E-state index in [0.29, 0.717) is 22.2 Å². The van der Waals surface area contributed by atoms with Crippen LogP contribution in [0.5, 0.6) is 0 Å². The Morgan fingerprint density at radius 3 is 2.56 bits per heavy atom. The fourth-order valence-corrected chi connectivity index (χ4v) is 3.77. The molecule has 0 saturated carbocycles. The second kappa shape index (κ2) is 11.9. The van der Waals surface area contributed by atoms with Crippen molar-refractivity contribution in [2.75, 3.05) is 18.2 Å². The lowest BCUT2D eigenvalue weighted by molar-refractivity contribution is -0.384. The van der Waals surface area contributed by atoms with Crippen LogP contribution in [0.3, 0.4) is 0 Å². The van der Waals surface area contributed by atoms with Crippen LogP contribution in [0.15, 0.2) is 53.7 Å². The average molecular weight is 513 g/mol. The molecule has 2 aromatic carbocycles. The average Bonchev–Trinajstić information content (AvgIpc) is 3.34. The lowest BCUT2D eigenvalue weighted by Crippen LogP contribution is -2.32. The summed E-state index contributed by atoms with van der Waals surface area (Å²) >= 11 is 1.09. The Balaban J connectivity index is 1.61. The van der Waals surface area contributed by atoms with Crippen LogP contribution in [0.1, 0.15) is 46.4 Å². The minimum Gasteiger partial charge on any atom is -0.465 e. The van der Waals surface area contributed by atoms with Crippen LogP contribution in [0, 0.1) is 16.0 Å². The number of aromatic nitrogens is 3. The van der Waals surface area contributed by atoms with Gasteiger partial charge in [0.05, 0.1) is 29.4 Å². The van der Waals surface area contributed by atoms with Crippen LogP contribution >= 0.6 is 11.8 Å². The van der Waals surface area contributed by atoms with Gasteiger partial charge in [0.15, 0.2) is 0 Å². The molecule has 3 aromatic rings. The van der Waals surface area contributed by atoms with Gasteiger partial charge in [0, 0.05) is 23.4 Å². The molecule has 0 aliphatic rings. The number of amides is 2. The minimum atomic E-state index is -0.567. The fraction of sp³-hybridized carbons (Fsp3) is 0.261. The van der Waals surface area contributed by atoms with Crippen LogP contribution in [0.2, 0.25) is 0 Å². The number of hydrogen-bond donors (Lipinski definition) is 3. The molecule has 0 radical (unpaired) electrons. The number of thioether (sulfide) groups is 1. The molecule has 13 heteroatoms. The van der Waals surface area contributed by atoms with Crippen molar-refractivity contribution in [3.8, 4) is 0 Å². The highest BCUT2D eigenvalue weighted by molar-refractivity contribution is 7.99. The van der Waals surface area contributed by atoms with Crippen molar-refractivity contribution >= 4 is 40.9 Å². The monoisotopic (exact) mass is 512 g/mol. The van der Waals surface area contributed by atoms with E-state index in [2.05, 4.69) is 30.6 Å². The summed E-state index contributed by atoms with van der Waals surface area (Å²) in [6.07, 6.45) is 0. The highest BCUT2D eigenvalue weighted by Gasteiger charge is 2.24. The summed E-state index contributed by atoms with van der Waals surface area (Å²) in [4.78, 5) is 51.5. The summed E-state index contributed by atoms with van der Waals surface area (Å²) in [5.74, 6) is -1.01. The molecule has 0 aliphatic carbocycles. The van der Waals surface area contributed by atoms with E-state index in [1.54, 1.807) is 18.2 Å². The number of rotatable bonds is 10. The third-order valence-corrected chi connectivity index (χ3v) is 5.80. The molecule has 12 nitrogen and oxygen atoms in total. The van der Waals surface area contributed by atoms with Gasteiger partial charge in [-0.1, -0.05) is 37.7 Å². The van der Waals surface area contributed by atoms with Gasteiger partial charge in [-0.15, -0.1) is 5.10 Å². The second-order valence-electron chi connectivity index (χ2n) is 7.92. The van der Waals surface area contributed by atoms with E-state index < -0.39 is 22.8 Å². The quantitative estimate of drug-likeness (QED) is 0.159. The summed E-state index contributed by atoms with van der Waals surface area (Å²) in [5, 5.41) is 23.7. The number of hydrogen-bond acceptors (Lipinski definition) is 9. The SMILES string of the molecule is COC(=O)c1cccc(NC(=O)CSc2n[nH]c([C@H](NC(=O)c3cccc([N+](=O)[O-])c3)C(C)C)n2)c1. The Hall–Kier alpha value is -4.26. The largest absolute Gasteiger partial charge is 0.465 e. The molecule has 0 spiro atoms. The smallest absolute Gasteiger partial charge is 0.337 e. The number of nitrogens with one attached hydrogen (secondary N) is 3. The Morgan fingerprint density at radius 1 is 1.14 bits per heavy atom. The molecule has 1 heterocycles. The molecule has 3 N–H and O–H groups in total. The van der Waals surface area contributed by atoms with Crippen molar-refractivity contribution in [1.29, 1.82) is 0 Å². The van der Waals surface area contributed by atoms with Crippen LogP contribution in [0.25, 0.3) is 0 Å². The number of esters is 1. The molecule has 0 aliphatic heterocycles. The van der Waals surface area contributed by atoms with Crippen molar-refractivity contribution < 1.29 is 24.0 Å². The Bertz CT molecular complexity index is 1280. The molecule has 36 heavy (non-hydrogen) atoms. The van der Waals surface area contributed by atoms with E-state index in [4.69, 9.17) is 0 Å². The number of non-ortho nitro benzene ring substituents is 1. The zero-order valence-electron chi connectivity index (χ0n) is 19.7. The van der Waals surface area contributed by atoms with Crippen molar-refractivity contribution in [3.63, 3.8) is 0 Å². The second-order valence-corrected chi connectivity index (χ2v) is 8.86. The van der Waals surface area contributed by atoms with Gasteiger partial charge in [-0.3, -0.25) is 24.8 Å². The highest BCUT2D eigenvalue weighted by Crippen LogP contribution is 2.23. The van der Waals surface area contributed by atoms with Gasteiger partial charge in [0.2, 0.25) is 11.1 Å². The molecular weight excluding hydrogens is 488 g/mol. The van der Waals surface area contributed by atoms with Gasteiger partial charge in [-0.25, -0.2) is 9.78 Å². The number of ether oxygens (including phenoxy) is 1. The number of benzene rings is 2. The number of anilines is 1. The molecule has 0 unspecified atom stereocenters. The maximum atomic E-state index is 12.7. The fourth-order valence-electron chi connectivity index (χ4n) is 3.17. The zero-order chi connectivity index (χ0) is 26.2. The summed E-state index contributed by atoms with van der Waals surface area (Å²) < 4.78 is 4.67. The lowest BCUT2D eigenvalue weighted by atomic mass is 10.0. The first-order valence-electron chi connectivity index (χ1n) is 10.8. The van der Waals surface area contributed by atoms with E-state index in [1.165, 1.54) is 37.4 Å². The Labute approximate surface area is 210 Å².